The highest BCUT2D eigenvalue weighted by atomic mass is 16.2. The van der Waals surface area contributed by atoms with E-state index in [1.165, 1.54) is 11.1 Å². The van der Waals surface area contributed by atoms with Gasteiger partial charge in [0.1, 0.15) is 24.2 Å². The number of likely N-dealkylation sites (tertiary alicyclic amines) is 1. The zero-order valence-electron chi connectivity index (χ0n) is 44.0. The van der Waals surface area contributed by atoms with Gasteiger partial charge in [-0.2, -0.15) is 0 Å². The summed E-state index contributed by atoms with van der Waals surface area (Å²) < 4.78 is 0. The number of hydrogen-bond acceptors (Lipinski definition) is 8. The van der Waals surface area contributed by atoms with Crippen LogP contribution in [0.3, 0.4) is 0 Å². The van der Waals surface area contributed by atoms with E-state index in [9.17, 15) is 24.0 Å². The molecule has 384 valence electrons. The predicted octanol–water partition coefficient (Wildman–Crippen LogP) is 5.93. The van der Waals surface area contributed by atoms with E-state index >= 15 is 4.79 Å². The Bertz CT molecular complexity index is 2460. The molecule has 7 rings (SSSR count). The fourth-order valence-electron chi connectivity index (χ4n) is 11.3. The van der Waals surface area contributed by atoms with Gasteiger partial charge < -0.3 is 41.7 Å². The standard InChI is InChI=1S/C57H80N8O6/c1-33(2)47(59-11)53(69)63-49(57(7,8)9)55(71)64-31-39-28-37(26-27-38(39)29-45(64)51(67)60-43-24-16-20-35-18-12-14-22-41(35)43)40-30-46(52(68)61-44-25-17-21-36-19-13-15-23-42(36)44)65(32-40)54(70)48(56(4,5)6)62-50(66)34(3)58-10/h12-15,18-19,22-23,26-28,33-34,40,43-49,58-59H,16-17,20-21,24-25,29-32H2,1-11H3,(H,60,67)(H,61,68)(H,62,66)(H,63,69)/t34-,40-,43+,44+,45-,46-,47-,48+,49+/m0/s1. The van der Waals surface area contributed by atoms with Crippen molar-refractivity contribution in [1.29, 1.82) is 0 Å². The molecule has 1 saturated heterocycles. The van der Waals surface area contributed by atoms with Crippen molar-refractivity contribution in [3.05, 3.63) is 106 Å². The molecular weight excluding hydrogens is 893 g/mol. The van der Waals surface area contributed by atoms with Crippen molar-refractivity contribution in [3.8, 4) is 0 Å². The van der Waals surface area contributed by atoms with Gasteiger partial charge in [0.25, 0.3) is 0 Å². The Labute approximate surface area is 422 Å². The van der Waals surface area contributed by atoms with Crippen molar-refractivity contribution in [2.45, 2.75) is 174 Å². The first-order valence-corrected chi connectivity index (χ1v) is 26.1. The monoisotopic (exact) mass is 973 g/mol. The molecule has 0 saturated carbocycles. The number of benzene rings is 3. The number of carbonyl (C=O) groups excluding carboxylic acids is 6. The third-order valence-corrected chi connectivity index (χ3v) is 15.6. The minimum Gasteiger partial charge on any atom is -0.347 e. The first-order valence-electron chi connectivity index (χ1n) is 26.1. The minimum absolute atomic E-state index is 0.0375. The van der Waals surface area contributed by atoms with E-state index < -0.39 is 47.1 Å². The topological polar surface area (TPSA) is 181 Å². The molecule has 6 N–H and O–H groups in total. The molecule has 9 atom stereocenters. The van der Waals surface area contributed by atoms with E-state index in [0.717, 1.165) is 66.3 Å². The summed E-state index contributed by atoms with van der Waals surface area (Å²) in [5.74, 6) is -2.04. The molecule has 0 bridgehead atoms. The highest BCUT2D eigenvalue weighted by Crippen LogP contribution is 2.39. The Balaban J connectivity index is 1.23. The van der Waals surface area contributed by atoms with Gasteiger partial charge in [-0.1, -0.05) is 122 Å². The summed E-state index contributed by atoms with van der Waals surface area (Å²) in [5, 5.41) is 18.9. The number of nitrogens with zero attached hydrogens (tertiary/aromatic N) is 2. The quantitative estimate of drug-likeness (QED) is 0.115. The van der Waals surface area contributed by atoms with E-state index in [4.69, 9.17) is 0 Å². The van der Waals surface area contributed by atoms with Gasteiger partial charge in [0.2, 0.25) is 35.4 Å². The van der Waals surface area contributed by atoms with Gasteiger partial charge >= 0.3 is 0 Å². The van der Waals surface area contributed by atoms with Crippen LogP contribution < -0.4 is 31.9 Å². The number of rotatable bonds is 14. The van der Waals surface area contributed by atoms with E-state index in [1.54, 1.807) is 30.8 Å². The Morgan fingerprint density at radius 1 is 0.606 bits per heavy atom. The van der Waals surface area contributed by atoms with Crippen LogP contribution in [0.25, 0.3) is 0 Å². The van der Waals surface area contributed by atoms with Crippen LogP contribution in [0.1, 0.15) is 151 Å². The lowest BCUT2D eigenvalue weighted by molar-refractivity contribution is -0.147. The predicted molar refractivity (Wildman–Crippen MR) is 277 cm³/mol. The van der Waals surface area contributed by atoms with Crippen molar-refractivity contribution in [2.75, 3.05) is 20.6 Å². The molecule has 0 radical (unpaired) electrons. The highest BCUT2D eigenvalue weighted by molar-refractivity contribution is 5.95. The molecule has 14 nitrogen and oxygen atoms in total. The smallest absolute Gasteiger partial charge is 0.246 e. The maximum atomic E-state index is 15.3. The van der Waals surface area contributed by atoms with Gasteiger partial charge in [-0.15, -0.1) is 0 Å². The van der Waals surface area contributed by atoms with Crippen LogP contribution in [-0.4, -0.2) is 102 Å². The lowest BCUT2D eigenvalue weighted by atomic mass is 9.83. The Hall–Kier alpha value is -5.60. The van der Waals surface area contributed by atoms with Crippen LogP contribution in [0, 0.1) is 16.7 Å². The van der Waals surface area contributed by atoms with Crippen molar-refractivity contribution >= 4 is 35.4 Å². The molecule has 14 heteroatoms. The second-order valence-electron chi connectivity index (χ2n) is 23.1. The van der Waals surface area contributed by atoms with Crippen LogP contribution in [-0.2, 0) is 54.6 Å². The second-order valence-corrected chi connectivity index (χ2v) is 23.1. The molecule has 0 unspecified atom stereocenters. The molecule has 2 aliphatic heterocycles. The molecular formula is C57H80N8O6. The van der Waals surface area contributed by atoms with Crippen LogP contribution in [0.2, 0.25) is 0 Å². The molecule has 1 fully saturated rings. The van der Waals surface area contributed by atoms with Crippen LogP contribution in [0.15, 0.2) is 66.7 Å². The maximum Gasteiger partial charge on any atom is 0.246 e. The number of nitrogens with one attached hydrogen (secondary N) is 6. The lowest BCUT2D eigenvalue weighted by Gasteiger charge is -2.42. The number of fused-ring (bicyclic) bond motifs is 3. The summed E-state index contributed by atoms with van der Waals surface area (Å²) >= 11 is 0. The summed E-state index contributed by atoms with van der Waals surface area (Å²) in [6, 6.07) is 17.5. The second kappa shape index (κ2) is 22.0. The van der Waals surface area contributed by atoms with Crippen LogP contribution in [0.5, 0.6) is 0 Å². The summed E-state index contributed by atoms with van der Waals surface area (Å²) in [5.41, 5.74) is 5.93. The third-order valence-electron chi connectivity index (χ3n) is 15.6. The van der Waals surface area contributed by atoms with Gasteiger partial charge in [-0.3, -0.25) is 28.8 Å². The number of carbonyl (C=O) groups is 6. The molecule has 2 heterocycles. The van der Waals surface area contributed by atoms with E-state index in [1.807, 2.05) is 91.8 Å². The van der Waals surface area contributed by atoms with Crippen LogP contribution >= 0.6 is 0 Å². The largest absolute Gasteiger partial charge is 0.347 e. The van der Waals surface area contributed by atoms with Crippen molar-refractivity contribution in [2.24, 2.45) is 16.7 Å². The average molecular weight is 973 g/mol. The maximum absolute atomic E-state index is 15.3. The summed E-state index contributed by atoms with van der Waals surface area (Å²) in [6.07, 6.45) is 5.94. The zero-order chi connectivity index (χ0) is 51.5. The Morgan fingerprint density at radius 2 is 1.13 bits per heavy atom. The van der Waals surface area contributed by atoms with Crippen molar-refractivity contribution < 1.29 is 28.8 Å². The number of aryl methyl sites for hydroxylation is 2. The number of hydrogen-bond donors (Lipinski definition) is 6. The average Bonchev–Trinajstić information content (AvgIpc) is 3.79. The molecule has 3 aromatic carbocycles. The van der Waals surface area contributed by atoms with Crippen molar-refractivity contribution in [1.82, 2.24) is 41.7 Å². The van der Waals surface area contributed by atoms with Gasteiger partial charge in [0, 0.05) is 25.4 Å². The SMILES string of the molecule is CN[C@@H](C)C(=O)N[C@H](C(=O)N1C[C@@H](c2ccc3c(c2)CN(C(=O)[C@@H](NC(=O)[C@@H](NC)C(C)C)C(C)(C)C)[C@H](C(=O)N[C@@H]2CCCc4ccccc42)C3)C[C@H]1C(=O)N[C@@H]1CCCc2ccccc21)C(C)(C)C. The molecule has 71 heavy (non-hydrogen) atoms. The summed E-state index contributed by atoms with van der Waals surface area (Å²) in [4.78, 5) is 90.3. The first-order chi connectivity index (χ1) is 33.6. The minimum atomic E-state index is -0.947. The molecule has 3 aromatic rings. The van der Waals surface area contributed by atoms with Crippen LogP contribution in [0.4, 0.5) is 0 Å². The Morgan fingerprint density at radius 3 is 1.65 bits per heavy atom. The van der Waals surface area contributed by atoms with Gasteiger partial charge in [-0.05, 0) is 122 Å². The number of likely N-dealkylation sites (N-methyl/N-ethyl adjacent to an activating group) is 2. The van der Waals surface area contributed by atoms with E-state index in [-0.39, 0.29) is 78.9 Å². The van der Waals surface area contributed by atoms with E-state index in [0.29, 0.717) is 6.42 Å². The van der Waals surface area contributed by atoms with Gasteiger partial charge in [0.05, 0.1) is 24.2 Å². The summed E-state index contributed by atoms with van der Waals surface area (Å²) in [6.45, 7) is 17.5. The zero-order valence-corrected chi connectivity index (χ0v) is 44.0. The molecule has 6 amide bonds. The molecule has 0 spiro atoms. The molecule has 0 aromatic heterocycles. The normalized spacial score (nSPS) is 22.7. The highest BCUT2D eigenvalue weighted by Gasteiger charge is 2.47. The fourth-order valence-corrected chi connectivity index (χ4v) is 11.3. The number of amides is 6. The van der Waals surface area contributed by atoms with Gasteiger partial charge in [0.15, 0.2) is 0 Å². The fraction of sp³-hybridized carbons (Fsp3) is 0.579. The Kier molecular flexibility index (Phi) is 16.5. The summed E-state index contributed by atoms with van der Waals surface area (Å²) in [7, 11) is 3.43. The third kappa shape index (κ3) is 11.9. The lowest BCUT2D eigenvalue weighted by Crippen LogP contribution is -2.62. The van der Waals surface area contributed by atoms with Gasteiger partial charge in [-0.25, -0.2) is 0 Å². The van der Waals surface area contributed by atoms with Crippen molar-refractivity contribution in [3.63, 3.8) is 0 Å². The molecule has 2 aliphatic carbocycles. The van der Waals surface area contributed by atoms with E-state index in [2.05, 4.69) is 62.2 Å². The first kappa shape index (κ1) is 53.2. The molecule has 4 aliphatic rings.